The summed E-state index contributed by atoms with van der Waals surface area (Å²) in [7, 11) is 0. The number of phenolic OH excluding ortho intramolecular Hbond substituents is 1. The first-order valence-electron chi connectivity index (χ1n) is 10.8. The van der Waals surface area contributed by atoms with Gasteiger partial charge in [-0.2, -0.15) is 5.10 Å². The van der Waals surface area contributed by atoms with Gasteiger partial charge < -0.3 is 9.84 Å². The number of carbonyl (C=O) groups is 1. The van der Waals surface area contributed by atoms with E-state index in [0.717, 1.165) is 27.2 Å². The number of carbonyl (C=O) groups excluding carboxylic acids is 1. The molecule has 5 aromatic rings. The van der Waals surface area contributed by atoms with Crippen molar-refractivity contribution < 1.29 is 14.6 Å². The molecule has 0 aliphatic rings. The molecule has 0 saturated heterocycles. The summed E-state index contributed by atoms with van der Waals surface area (Å²) in [5.74, 6) is 0.468. The lowest BCUT2D eigenvalue weighted by molar-refractivity contribution is 0.0955. The first kappa shape index (κ1) is 21.2. The average Bonchev–Trinajstić information content (AvgIpc) is 2.89. The molecule has 0 unspecified atom stereocenters. The van der Waals surface area contributed by atoms with Crippen molar-refractivity contribution in [3.05, 3.63) is 114 Å². The van der Waals surface area contributed by atoms with E-state index >= 15 is 0 Å². The molecule has 6 nitrogen and oxygen atoms in total. The fourth-order valence-electron chi connectivity index (χ4n) is 3.75. The number of phenols is 1. The van der Waals surface area contributed by atoms with Gasteiger partial charge >= 0.3 is 0 Å². The fraction of sp³-hybridized carbons (Fsp3) is 0.0357. The SMILES string of the molecule is O=C(NN=Cc1c(O)ccc2ccccc12)c1ccc(COc2cccc3cccnc23)cc1. The molecule has 0 spiro atoms. The molecular formula is C28H21N3O3. The number of hydrazone groups is 1. The zero-order chi connectivity index (χ0) is 23.3. The van der Waals surface area contributed by atoms with E-state index in [1.807, 2.05) is 72.8 Å². The quantitative estimate of drug-likeness (QED) is 0.268. The molecule has 0 aliphatic heterocycles. The number of aromatic hydroxyl groups is 1. The van der Waals surface area contributed by atoms with Crippen LogP contribution in [0.3, 0.4) is 0 Å². The maximum Gasteiger partial charge on any atom is 0.271 e. The minimum atomic E-state index is -0.346. The molecule has 166 valence electrons. The van der Waals surface area contributed by atoms with Crippen LogP contribution in [-0.2, 0) is 6.61 Å². The number of fused-ring (bicyclic) bond motifs is 2. The first-order valence-corrected chi connectivity index (χ1v) is 10.8. The number of amides is 1. The average molecular weight is 447 g/mol. The molecule has 1 amide bonds. The summed E-state index contributed by atoms with van der Waals surface area (Å²) >= 11 is 0. The Labute approximate surface area is 196 Å². The number of rotatable bonds is 6. The van der Waals surface area contributed by atoms with Crippen molar-refractivity contribution in [1.82, 2.24) is 10.4 Å². The lowest BCUT2D eigenvalue weighted by Crippen LogP contribution is -2.17. The van der Waals surface area contributed by atoms with Crippen molar-refractivity contribution in [3.8, 4) is 11.5 Å². The number of ether oxygens (including phenoxy) is 1. The van der Waals surface area contributed by atoms with Crippen molar-refractivity contribution in [1.29, 1.82) is 0 Å². The number of aromatic nitrogens is 1. The first-order chi connectivity index (χ1) is 16.7. The van der Waals surface area contributed by atoms with Crippen molar-refractivity contribution in [2.24, 2.45) is 5.10 Å². The number of hydrogen-bond donors (Lipinski definition) is 2. The molecule has 1 aromatic heterocycles. The van der Waals surface area contributed by atoms with Gasteiger partial charge in [0.25, 0.3) is 5.91 Å². The molecule has 5 rings (SSSR count). The summed E-state index contributed by atoms with van der Waals surface area (Å²) in [6, 6.07) is 27.9. The monoisotopic (exact) mass is 447 g/mol. The zero-order valence-electron chi connectivity index (χ0n) is 18.2. The van der Waals surface area contributed by atoms with Crippen LogP contribution in [0.2, 0.25) is 0 Å². The Morgan fingerprint density at radius 1 is 0.912 bits per heavy atom. The molecule has 0 fully saturated rings. The third-order valence-electron chi connectivity index (χ3n) is 5.51. The highest BCUT2D eigenvalue weighted by Gasteiger charge is 2.08. The minimum Gasteiger partial charge on any atom is -0.507 e. The number of para-hydroxylation sites is 1. The van der Waals surface area contributed by atoms with Crippen LogP contribution < -0.4 is 10.2 Å². The maximum absolute atomic E-state index is 12.5. The van der Waals surface area contributed by atoms with Crippen LogP contribution in [0.25, 0.3) is 21.7 Å². The van der Waals surface area contributed by atoms with Crippen molar-refractivity contribution in [2.75, 3.05) is 0 Å². The summed E-state index contributed by atoms with van der Waals surface area (Å²) in [5.41, 5.74) is 5.27. The van der Waals surface area contributed by atoms with Crippen LogP contribution in [0, 0.1) is 0 Å². The summed E-state index contributed by atoms with van der Waals surface area (Å²) in [6.07, 6.45) is 3.20. The van der Waals surface area contributed by atoms with Gasteiger partial charge in [-0.3, -0.25) is 9.78 Å². The summed E-state index contributed by atoms with van der Waals surface area (Å²) in [6.45, 7) is 0.357. The van der Waals surface area contributed by atoms with Gasteiger partial charge in [-0.15, -0.1) is 0 Å². The normalized spacial score (nSPS) is 11.2. The van der Waals surface area contributed by atoms with Crippen LogP contribution >= 0.6 is 0 Å². The lowest BCUT2D eigenvalue weighted by Gasteiger charge is -2.09. The predicted molar refractivity (Wildman–Crippen MR) is 133 cm³/mol. The highest BCUT2D eigenvalue weighted by molar-refractivity contribution is 6.03. The van der Waals surface area contributed by atoms with E-state index in [1.54, 1.807) is 24.4 Å². The van der Waals surface area contributed by atoms with Gasteiger partial charge in [0.1, 0.15) is 23.6 Å². The van der Waals surface area contributed by atoms with Crippen LogP contribution in [0.1, 0.15) is 21.5 Å². The maximum atomic E-state index is 12.5. The Kier molecular flexibility index (Phi) is 5.86. The molecule has 0 saturated carbocycles. The van der Waals surface area contributed by atoms with Gasteiger partial charge in [-0.1, -0.05) is 60.7 Å². The minimum absolute atomic E-state index is 0.0995. The Bertz CT molecular complexity index is 1510. The Balaban J connectivity index is 1.23. The second-order valence-electron chi connectivity index (χ2n) is 7.74. The number of nitrogens with one attached hydrogen (secondary N) is 1. The van der Waals surface area contributed by atoms with Crippen molar-refractivity contribution >= 4 is 33.8 Å². The van der Waals surface area contributed by atoms with Gasteiger partial charge in [0, 0.05) is 22.7 Å². The molecule has 2 N–H and O–H groups in total. The highest BCUT2D eigenvalue weighted by Crippen LogP contribution is 2.26. The smallest absolute Gasteiger partial charge is 0.271 e. The third-order valence-corrected chi connectivity index (χ3v) is 5.51. The van der Waals surface area contributed by atoms with E-state index in [4.69, 9.17) is 4.74 Å². The standard InChI is InChI=1S/C28H21N3O3/c32-25-15-14-20-5-1-2-8-23(20)24(25)17-30-31-28(33)22-12-10-19(11-13-22)18-34-26-9-3-6-21-7-4-16-29-27(21)26/h1-17,32H,18H2,(H,31,33). The Morgan fingerprint density at radius 3 is 2.59 bits per heavy atom. The van der Waals surface area contributed by atoms with Gasteiger partial charge in [0.05, 0.1) is 6.21 Å². The number of hydrogen-bond acceptors (Lipinski definition) is 5. The number of pyridine rings is 1. The Hall–Kier alpha value is -4.71. The molecule has 4 aromatic carbocycles. The van der Waals surface area contributed by atoms with E-state index < -0.39 is 0 Å². The molecule has 0 radical (unpaired) electrons. The van der Waals surface area contributed by atoms with Gasteiger partial charge in [0.15, 0.2) is 0 Å². The fourth-order valence-corrected chi connectivity index (χ4v) is 3.75. The second-order valence-corrected chi connectivity index (χ2v) is 7.74. The molecular weight excluding hydrogens is 426 g/mol. The Morgan fingerprint density at radius 2 is 1.71 bits per heavy atom. The summed E-state index contributed by atoms with van der Waals surface area (Å²) < 4.78 is 5.96. The molecule has 0 atom stereocenters. The van der Waals surface area contributed by atoms with Gasteiger partial charge in [0.2, 0.25) is 0 Å². The third kappa shape index (κ3) is 4.42. The molecule has 0 aliphatic carbocycles. The molecule has 1 heterocycles. The van der Waals surface area contributed by atoms with Gasteiger partial charge in [-0.05, 0) is 46.7 Å². The number of benzene rings is 4. The van der Waals surface area contributed by atoms with Gasteiger partial charge in [-0.25, -0.2) is 5.43 Å². The van der Waals surface area contributed by atoms with Crippen LogP contribution in [0.5, 0.6) is 11.5 Å². The summed E-state index contributed by atoms with van der Waals surface area (Å²) in [4.78, 5) is 16.9. The molecule has 0 bridgehead atoms. The van der Waals surface area contributed by atoms with Crippen molar-refractivity contribution in [3.63, 3.8) is 0 Å². The topological polar surface area (TPSA) is 83.8 Å². The predicted octanol–water partition coefficient (Wildman–Crippen LogP) is 5.44. The van der Waals surface area contributed by atoms with E-state index in [1.165, 1.54) is 6.21 Å². The van der Waals surface area contributed by atoms with Crippen LogP contribution in [-0.4, -0.2) is 22.2 Å². The number of nitrogens with zero attached hydrogens (tertiary/aromatic N) is 2. The van der Waals surface area contributed by atoms with E-state index in [2.05, 4.69) is 15.5 Å². The van der Waals surface area contributed by atoms with Crippen molar-refractivity contribution in [2.45, 2.75) is 6.61 Å². The lowest BCUT2D eigenvalue weighted by atomic mass is 10.0. The van der Waals surface area contributed by atoms with E-state index in [0.29, 0.717) is 23.5 Å². The summed E-state index contributed by atoms with van der Waals surface area (Å²) in [5, 5.41) is 17.1. The van der Waals surface area contributed by atoms with Crippen LogP contribution in [0.4, 0.5) is 0 Å². The zero-order valence-corrected chi connectivity index (χ0v) is 18.2. The molecule has 34 heavy (non-hydrogen) atoms. The largest absolute Gasteiger partial charge is 0.507 e. The highest BCUT2D eigenvalue weighted by atomic mass is 16.5. The van der Waals surface area contributed by atoms with E-state index in [-0.39, 0.29) is 11.7 Å². The van der Waals surface area contributed by atoms with E-state index in [9.17, 15) is 9.90 Å². The second kappa shape index (κ2) is 9.42. The molecule has 6 heteroatoms. The van der Waals surface area contributed by atoms with Crippen LogP contribution in [0.15, 0.2) is 102 Å².